The van der Waals surface area contributed by atoms with Crippen molar-refractivity contribution in [3.05, 3.63) is 100 Å². The first-order chi connectivity index (χ1) is 21.0. The standard InChI is InChI=1S/C37H38N2O4S/c1-8-42-27-13-11-12-25(20-27)31-21-29(28-14-9-10-15-30(28)38-31)34(40)39-35-33(36(41)43-22(2)3)32(23(4)44-35)24-16-18-26(19-17-24)37(5,6)7/h9-22H,8H2,1-7H3,(H,39,40). The number of carbonyl (C=O) groups excluding carboxylic acids is 2. The van der Waals surface area contributed by atoms with Crippen molar-refractivity contribution in [2.75, 3.05) is 11.9 Å². The van der Waals surface area contributed by atoms with Gasteiger partial charge in [-0.25, -0.2) is 9.78 Å². The molecular formula is C37H38N2O4S. The molecule has 6 nitrogen and oxygen atoms in total. The predicted molar refractivity (Wildman–Crippen MR) is 180 cm³/mol. The van der Waals surface area contributed by atoms with Crippen molar-refractivity contribution in [2.45, 2.75) is 60.0 Å². The fourth-order valence-corrected chi connectivity index (χ4v) is 6.24. The number of nitrogens with zero attached hydrogens (tertiary/aromatic N) is 1. The number of thiophene rings is 1. The fraction of sp³-hybridized carbons (Fsp3) is 0.270. The van der Waals surface area contributed by atoms with E-state index in [9.17, 15) is 9.59 Å². The molecule has 0 saturated heterocycles. The molecule has 0 spiro atoms. The Morgan fingerprint density at radius 2 is 1.66 bits per heavy atom. The highest BCUT2D eigenvalue weighted by atomic mass is 32.1. The van der Waals surface area contributed by atoms with Crippen molar-refractivity contribution in [1.29, 1.82) is 0 Å². The van der Waals surface area contributed by atoms with Crippen LogP contribution < -0.4 is 10.1 Å². The summed E-state index contributed by atoms with van der Waals surface area (Å²) >= 11 is 1.37. The molecule has 2 aromatic heterocycles. The molecular weight excluding hydrogens is 568 g/mol. The molecule has 2 heterocycles. The van der Waals surface area contributed by atoms with E-state index in [2.05, 4.69) is 38.2 Å². The fourth-order valence-electron chi connectivity index (χ4n) is 5.18. The zero-order valence-corrected chi connectivity index (χ0v) is 27.1. The van der Waals surface area contributed by atoms with E-state index in [1.54, 1.807) is 6.07 Å². The maximum Gasteiger partial charge on any atom is 0.342 e. The largest absolute Gasteiger partial charge is 0.494 e. The molecule has 0 saturated carbocycles. The Morgan fingerprint density at radius 3 is 2.34 bits per heavy atom. The maximum atomic E-state index is 14.1. The summed E-state index contributed by atoms with van der Waals surface area (Å²) in [6.07, 6.45) is -0.318. The number of hydrogen-bond donors (Lipinski definition) is 1. The number of aryl methyl sites for hydroxylation is 1. The third-order valence-corrected chi connectivity index (χ3v) is 8.32. The van der Waals surface area contributed by atoms with Crippen molar-refractivity contribution in [2.24, 2.45) is 0 Å². The van der Waals surface area contributed by atoms with E-state index in [0.29, 0.717) is 39.3 Å². The first-order valence-electron chi connectivity index (χ1n) is 14.9. The van der Waals surface area contributed by atoms with Gasteiger partial charge in [-0.2, -0.15) is 0 Å². The number of esters is 1. The number of ether oxygens (including phenoxy) is 2. The molecule has 226 valence electrons. The summed E-state index contributed by atoms with van der Waals surface area (Å²) in [5.41, 5.74) is 5.86. The number of rotatable bonds is 8. The van der Waals surface area contributed by atoms with E-state index in [1.165, 1.54) is 16.9 Å². The highest BCUT2D eigenvalue weighted by molar-refractivity contribution is 7.17. The van der Waals surface area contributed by atoms with Crippen LogP contribution in [-0.4, -0.2) is 29.6 Å². The van der Waals surface area contributed by atoms with Gasteiger partial charge in [-0.1, -0.05) is 75.4 Å². The van der Waals surface area contributed by atoms with Gasteiger partial charge in [-0.3, -0.25) is 4.79 Å². The van der Waals surface area contributed by atoms with Gasteiger partial charge in [-0.15, -0.1) is 11.3 Å². The van der Waals surface area contributed by atoms with Crippen LogP contribution in [0.5, 0.6) is 5.75 Å². The lowest BCUT2D eigenvalue weighted by Gasteiger charge is -2.19. The predicted octanol–water partition coefficient (Wildman–Crippen LogP) is 9.45. The molecule has 44 heavy (non-hydrogen) atoms. The second-order valence-electron chi connectivity index (χ2n) is 12.0. The lowest BCUT2D eigenvalue weighted by atomic mass is 9.86. The second-order valence-corrected chi connectivity index (χ2v) is 13.2. The smallest absolute Gasteiger partial charge is 0.342 e. The minimum atomic E-state index is -0.470. The average molecular weight is 607 g/mol. The third kappa shape index (κ3) is 6.53. The molecule has 0 bridgehead atoms. The van der Waals surface area contributed by atoms with Crippen LogP contribution in [0.4, 0.5) is 5.00 Å². The average Bonchev–Trinajstić information content (AvgIpc) is 3.31. The SMILES string of the molecule is CCOc1cccc(-c2cc(C(=O)Nc3sc(C)c(-c4ccc(C(C)(C)C)cc4)c3C(=O)OC(C)C)c3ccccc3n2)c1. The summed E-state index contributed by atoms with van der Waals surface area (Å²) in [5.74, 6) is -0.0701. The number of carbonyl (C=O) groups is 2. The van der Waals surface area contributed by atoms with E-state index in [1.807, 2.05) is 88.4 Å². The van der Waals surface area contributed by atoms with Crippen LogP contribution in [0.1, 0.15) is 72.7 Å². The molecule has 0 unspecified atom stereocenters. The van der Waals surface area contributed by atoms with E-state index in [0.717, 1.165) is 27.3 Å². The zero-order valence-electron chi connectivity index (χ0n) is 26.3. The number of nitrogens with one attached hydrogen (secondary N) is 1. The number of benzene rings is 3. The summed E-state index contributed by atoms with van der Waals surface area (Å²) in [4.78, 5) is 33.4. The van der Waals surface area contributed by atoms with Crippen molar-refractivity contribution in [3.63, 3.8) is 0 Å². The molecule has 0 radical (unpaired) electrons. The third-order valence-electron chi connectivity index (χ3n) is 7.30. The normalized spacial score (nSPS) is 11.5. The molecule has 0 aliphatic heterocycles. The van der Waals surface area contributed by atoms with Gasteiger partial charge in [0.1, 0.15) is 16.3 Å². The Bertz CT molecular complexity index is 1830. The number of aromatic nitrogens is 1. The highest BCUT2D eigenvalue weighted by Crippen LogP contribution is 2.41. The number of hydrogen-bond acceptors (Lipinski definition) is 6. The monoisotopic (exact) mass is 606 g/mol. The van der Waals surface area contributed by atoms with Gasteiger partial charge in [0, 0.05) is 21.4 Å². The van der Waals surface area contributed by atoms with Gasteiger partial charge in [0.05, 0.1) is 29.5 Å². The molecule has 3 aromatic carbocycles. The number of amides is 1. The van der Waals surface area contributed by atoms with Gasteiger partial charge >= 0.3 is 5.97 Å². The molecule has 5 rings (SSSR count). The van der Waals surface area contributed by atoms with Crippen LogP contribution in [0.2, 0.25) is 0 Å². The quantitative estimate of drug-likeness (QED) is 0.178. The summed E-state index contributed by atoms with van der Waals surface area (Å²) < 4.78 is 11.4. The molecule has 0 fully saturated rings. The number of anilines is 1. The van der Waals surface area contributed by atoms with Crippen molar-refractivity contribution < 1.29 is 19.1 Å². The molecule has 7 heteroatoms. The highest BCUT2D eigenvalue weighted by Gasteiger charge is 2.27. The van der Waals surface area contributed by atoms with Crippen molar-refractivity contribution in [1.82, 2.24) is 4.98 Å². The van der Waals surface area contributed by atoms with Crippen LogP contribution in [0.15, 0.2) is 78.9 Å². The van der Waals surface area contributed by atoms with E-state index in [4.69, 9.17) is 14.5 Å². The van der Waals surface area contributed by atoms with E-state index in [-0.39, 0.29) is 17.4 Å². The summed E-state index contributed by atoms with van der Waals surface area (Å²) in [6, 6.07) is 25.3. The minimum Gasteiger partial charge on any atom is -0.494 e. The first kappa shape index (κ1) is 31.0. The van der Waals surface area contributed by atoms with Gasteiger partial charge in [0.2, 0.25) is 0 Å². The molecule has 5 aromatic rings. The first-order valence-corrected chi connectivity index (χ1v) is 15.7. The van der Waals surface area contributed by atoms with Gasteiger partial charge in [0.15, 0.2) is 0 Å². The van der Waals surface area contributed by atoms with Crippen LogP contribution in [0, 0.1) is 6.92 Å². The number of fused-ring (bicyclic) bond motifs is 1. The topological polar surface area (TPSA) is 77.5 Å². The van der Waals surface area contributed by atoms with E-state index < -0.39 is 5.97 Å². The summed E-state index contributed by atoms with van der Waals surface area (Å²) in [6.45, 7) is 14.6. The lowest BCUT2D eigenvalue weighted by molar-refractivity contribution is 0.0380. The van der Waals surface area contributed by atoms with Gasteiger partial charge in [-0.05, 0) is 68.5 Å². The second kappa shape index (κ2) is 12.6. The Labute approximate surface area is 263 Å². The molecule has 1 amide bonds. The Hall–Kier alpha value is -4.49. The van der Waals surface area contributed by atoms with Crippen LogP contribution in [0.3, 0.4) is 0 Å². The summed E-state index contributed by atoms with van der Waals surface area (Å²) in [5, 5.41) is 4.24. The van der Waals surface area contributed by atoms with Gasteiger partial charge < -0.3 is 14.8 Å². The zero-order chi connectivity index (χ0) is 31.6. The number of para-hydroxylation sites is 1. The Morgan fingerprint density at radius 1 is 0.932 bits per heavy atom. The van der Waals surface area contributed by atoms with Crippen LogP contribution >= 0.6 is 11.3 Å². The van der Waals surface area contributed by atoms with Crippen molar-refractivity contribution >= 4 is 39.1 Å². The van der Waals surface area contributed by atoms with Crippen LogP contribution in [0.25, 0.3) is 33.3 Å². The molecule has 0 atom stereocenters. The van der Waals surface area contributed by atoms with E-state index >= 15 is 0 Å². The minimum absolute atomic E-state index is 0.00271. The molecule has 0 aliphatic carbocycles. The lowest BCUT2D eigenvalue weighted by Crippen LogP contribution is -2.17. The molecule has 1 N–H and O–H groups in total. The van der Waals surface area contributed by atoms with Crippen LogP contribution in [-0.2, 0) is 10.2 Å². The van der Waals surface area contributed by atoms with Gasteiger partial charge in [0.25, 0.3) is 5.91 Å². The maximum absolute atomic E-state index is 14.1. The Kier molecular flexibility index (Phi) is 8.88. The van der Waals surface area contributed by atoms with Crippen molar-refractivity contribution in [3.8, 4) is 28.1 Å². The Balaban J connectivity index is 1.59. The summed E-state index contributed by atoms with van der Waals surface area (Å²) in [7, 11) is 0. The molecule has 0 aliphatic rings. The number of pyridine rings is 1.